The maximum absolute atomic E-state index is 14.2. The highest BCUT2D eigenvalue weighted by molar-refractivity contribution is 5.93. The third-order valence-corrected chi connectivity index (χ3v) is 6.26. The average Bonchev–Trinajstić information content (AvgIpc) is 3.31. The molecule has 1 fully saturated rings. The topological polar surface area (TPSA) is 122 Å². The van der Waals surface area contributed by atoms with Crippen LogP contribution >= 0.6 is 0 Å². The Bertz CT molecular complexity index is 1310. The van der Waals surface area contributed by atoms with Crippen LogP contribution in [0.4, 0.5) is 19.0 Å². The highest BCUT2D eigenvalue weighted by Gasteiger charge is 2.31. The Morgan fingerprint density at radius 2 is 1.89 bits per heavy atom. The fourth-order valence-corrected chi connectivity index (χ4v) is 4.23. The Morgan fingerprint density at radius 3 is 2.59 bits per heavy atom. The zero-order chi connectivity index (χ0) is 26.7. The van der Waals surface area contributed by atoms with E-state index in [1.54, 1.807) is 6.07 Å². The monoisotopic (exact) mass is 519 g/mol. The van der Waals surface area contributed by atoms with E-state index >= 15 is 0 Å². The lowest BCUT2D eigenvalue weighted by atomic mass is 9.95. The summed E-state index contributed by atoms with van der Waals surface area (Å²) in [7, 11) is 0. The average molecular weight is 519 g/mol. The molecule has 37 heavy (non-hydrogen) atoms. The summed E-state index contributed by atoms with van der Waals surface area (Å²) in [5.41, 5.74) is 0.407. The van der Waals surface area contributed by atoms with Crippen LogP contribution in [0.5, 0.6) is 5.75 Å². The highest BCUT2D eigenvalue weighted by atomic mass is 19.2. The van der Waals surface area contributed by atoms with E-state index in [1.165, 1.54) is 6.92 Å². The smallest absolute Gasteiger partial charge is 0.305 e. The zero-order valence-electron chi connectivity index (χ0n) is 19.8. The van der Waals surface area contributed by atoms with E-state index in [1.807, 2.05) is 23.1 Å². The number of rotatable bonds is 9. The molecule has 4 rings (SSSR count). The Kier molecular flexibility index (Phi) is 7.65. The predicted molar refractivity (Wildman–Crippen MR) is 125 cm³/mol. The van der Waals surface area contributed by atoms with E-state index in [4.69, 9.17) is 9.26 Å². The van der Waals surface area contributed by atoms with Gasteiger partial charge in [0.25, 0.3) is 0 Å². The van der Waals surface area contributed by atoms with Gasteiger partial charge >= 0.3 is 5.97 Å². The van der Waals surface area contributed by atoms with Gasteiger partial charge in [-0.2, -0.15) is 4.39 Å². The van der Waals surface area contributed by atoms with E-state index in [0.29, 0.717) is 43.4 Å². The molecule has 1 aliphatic rings. The molecule has 0 radical (unpaired) electrons. The third kappa shape index (κ3) is 5.68. The maximum Gasteiger partial charge on any atom is 0.305 e. The summed E-state index contributed by atoms with van der Waals surface area (Å²) >= 11 is 0. The summed E-state index contributed by atoms with van der Waals surface area (Å²) in [5.74, 6) is -7.89. The van der Waals surface area contributed by atoms with Crippen LogP contribution in [0.1, 0.15) is 24.8 Å². The first-order valence-corrected chi connectivity index (χ1v) is 11.6. The molecule has 0 bridgehead atoms. The van der Waals surface area contributed by atoms with Gasteiger partial charge in [-0.15, -0.1) is 0 Å². The SMILES string of the molecule is Cc1cc(F)c(F)c(OCC(=O)[C@H](CC(=O)O)NC(=O)C2CCN(c3noc4ccccc34)CC2)c1F. The summed E-state index contributed by atoms with van der Waals surface area (Å²) in [5, 5.41) is 16.6. The van der Waals surface area contributed by atoms with Gasteiger partial charge in [0, 0.05) is 19.0 Å². The van der Waals surface area contributed by atoms with Crippen molar-refractivity contribution in [2.45, 2.75) is 32.2 Å². The fraction of sp³-hybridized carbons (Fsp3) is 0.360. The number of nitrogens with zero attached hydrogens (tertiary/aromatic N) is 2. The van der Waals surface area contributed by atoms with Crippen LogP contribution < -0.4 is 15.0 Å². The third-order valence-electron chi connectivity index (χ3n) is 6.26. The number of anilines is 1. The molecule has 1 aliphatic heterocycles. The first kappa shape index (κ1) is 26.0. The van der Waals surface area contributed by atoms with Gasteiger partial charge in [0.05, 0.1) is 11.8 Å². The minimum absolute atomic E-state index is 0.235. The van der Waals surface area contributed by atoms with Crippen LogP contribution in [0.25, 0.3) is 11.0 Å². The molecule has 0 saturated carbocycles. The number of hydrogen-bond donors (Lipinski definition) is 2. The normalized spacial score (nSPS) is 15.0. The number of piperidine rings is 1. The number of aromatic nitrogens is 1. The van der Waals surface area contributed by atoms with Crippen molar-refractivity contribution in [3.8, 4) is 5.75 Å². The maximum atomic E-state index is 14.2. The Hall–Kier alpha value is -4.09. The molecule has 3 aromatic rings. The molecule has 2 aromatic carbocycles. The molecule has 2 heterocycles. The van der Waals surface area contributed by atoms with Crippen molar-refractivity contribution in [1.82, 2.24) is 10.5 Å². The summed E-state index contributed by atoms with van der Waals surface area (Å²) in [6, 6.07) is 6.53. The quantitative estimate of drug-likeness (QED) is 0.413. The number of carbonyl (C=O) groups excluding carboxylic acids is 2. The number of carboxylic acid groups (broad SMARTS) is 1. The van der Waals surface area contributed by atoms with Crippen molar-refractivity contribution in [3.63, 3.8) is 0 Å². The number of para-hydroxylation sites is 1. The standard InChI is InChI=1S/C25H24F3N3O6/c1-13-10-16(26)22(28)23(21(13)27)36-12-18(32)17(11-20(33)34)29-25(35)14-6-8-31(9-7-14)24-15-4-2-3-5-19(15)37-30-24/h2-5,10,14,17H,6-9,11-12H2,1H3,(H,29,35)(H,33,34)/t17-/m0/s1. The number of benzene rings is 2. The van der Waals surface area contributed by atoms with Crippen LogP contribution in [-0.2, 0) is 14.4 Å². The molecule has 12 heteroatoms. The minimum Gasteiger partial charge on any atom is -0.481 e. The largest absolute Gasteiger partial charge is 0.481 e. The molecule has 0 aliphatic carbocycles. The Morgan fingerprint density at radius 1 is 1.19 bits per heavy atom. The number of aliphatic carboxylic acids is 1. The minimum atomic E-state index is -1.61. The van der Waals surface area contributed by atoms with Crippen LogP contribution in [-0.4, -0.2) is 53.7 Å². The van der Waals surface area contributed by atoms with Gasteiger partial charge < -0.3 is 24.6 Å². The van der Waals surface area contributed by atoms with Gasteiger partial charge in [0.2, 0.25) is 11.7 Å². The second-order valence-electron chi connectivity index (χ2n) is 8.81. The van der Waals surface area contributed by atoms with Gasteiger partial charge in [0.15, 0.2) is 34.6 Å². The van der Waals surface area contributed by atoms with E-state index in [2.05, 4.69) is 10.5 Å². The van der Waals surface area contributed by atoms with E-state index in [-0.39, 0.29) is 5.56 Å². The lowest BCUT2D eigenvalue weighted by molar-refractivity contribution is -0.141. The number of ketones is 1. The zero-order valence-corrected chi connectivity index (χ0v) is 19.8. The second-order valence-corrected chi connectivity index (χ2v) is 8.81. The first-order chi connectivity index (χ1) is 17.7. The predicted octanol–water partition coefficient (Wildman–Crippen LogP) is 3.38. The molecule has 9 nitrogen and oxygen atoms in total. The molecular formula is C25H24F3N3O6. The van der Waals surface area contributed by atoms with Gasteiger partial charge in [0.1, 0.15) is 12.6 Å². The number of carboxylic acids is 1. The van der Waals surface area contributed by atoms with Crippen molar-refractivity contribution in [1.29, 1.82) is 0 Å². The van der Waals surface area contributed by atoms with Crippen LogP contribution in [0.15, 0.2) is 34.9 Å². The number of hydrogen-bond acceptors (Lipinski definition) is 7. The van der Waals surface area contributed by atoms with Crippen molar-refractivity contribution in [3.05, 3.63) is 53.3 Å². The van der Waals surface area contributed by atoms with E-state index in [9.17, 15) is 32.7 Å². The van der Waals surface area contributed by atoms with Crippen LogP contribution in [0.3, 0.4) is 0 Å². The molecule has 2 N–H and O–H groups in total. The van der Waals surface area contributed by atoms with E-state index < -0.39 is 65.8 Å². The summed E-state index contributed by atoms with van der Waals surface area (Å²) < 4.78 is 51.9. The first-order valence-electron chi connectivity index (χ1n) is 11.6. The van der Waals surface area contributed by atoms with Gasteiger partial charge in [-0.25, -0.2) is 8.78 Å². The molecule has 1 atom stereocenters. The van der Waals surface area contributed by atoms with Gasteiger partial charge in [-0.05, 0) is 43.5 Å². The summed E-state index contributed by atoms with van der Waals surface area (Å²) in [4.78, 5) is 38.7. The number of nitrogens with one attached hydrogen (secondary N) is 1. The number of halogens is 3. The lowest BCUT2D eigenvalue weighted by Gasteiger charge is -2.32. The van der Waals surface area contributed by atoms with Gasteiger partial charge in [-0.1, -0.05) is 17.3 Å². The number of fused-ring (bicyclic) bond motifs is 1. The second kappa shape index (κ2) is 10.9. The molecular weight excluding hydrogens is 495 g/mol. The van der Waals surface area contributed by atoms with Crippen LogP contribution in [0.2, 0.25) is 0 Å². The van der Waals surface area contributed by atoms with Crippen molar-refractivity contribution in [2.24, 2.45) is 5.92 Å². The van der Waals surface area contributed by atoms with Crippen molar-refractivity contribution >= 4 is 34.4 Å². The van der Waals surface area contributed by atoms with E-state index in [0.717, 1.165) is 5.39 Å². The Labute approximate surface area is 209 Å². The number of ether oxygens (including phenoxy) is 1. The number of Topliss-reactive ketones (excluding diaryl/α,β-unsaturated/α-hetero) is 1. The fourth-order valence-electron chi connectivity index (χ4n) is 4.23. The van der Waals surface area contributed by atoms with Crippen molar-refractivity contribution < 1.29 is 41.9 Å². The number of amides is 1. The summed E-state index contributed by atoms with van der Waals surface area (Å²) in [6.45, 7) is 1.18. The van der Waals surface area contributed by atoms with Crippen LogP contribution in [0, 0.1) is 30.3 Å². The van der Waals surface area contributed by atoms with Crippen molar-refractivity contribution in [2.75, 3.05) is 24.6 Å². The highest BCUT2D eigenvalue weighted by Crippen LogP contribution is 2.30. The van der Waals surface area contributed by atoms with Gasteiger partial charge in [-0.3, -0.25) is 14.4 Å². The molecule has 1 aromatic heterocycles. The lowest BCUT2D eigenvalue weighted by Crippen LogP contribution is -2.48. The Balaban J connectivity index is 1.37. The molecule has 196 valence electrons. The number of aryl methyl sites for hydroxylation is 1. The molecule has 1 saturated heterocycles. The number of carbonyl (C=O) groups is 3. The summed E-state index contributed by atoms with van der Waals surface area (Å²) in [6.07, 6.45) is 0.0673. The molecule has 0 spiro atoms. The molecule has 1 amide bonds. The molecule has 0 unspecified atom stereocenters.